The van der Waals surface area contributed by atoms with Gasteiger partial charge < -0.3 is 0 Å². The van der Waals surface area contributed by atoms with Gasteiger partial charge in [-0.05, 0) is 25.1 Å². The van der Waals surface area contributed by atoms with Gasteiger partial charge in [-0.25, -0.2) is 13.4 Å². The summed E-state index contributed by atoms with van der Waals surface area (Å²) in [4.78, 5) is 4.25. The normalized spacial score (nSPS) is 12.7. The van der Waals surface area contributed by atoms with Crippen LogP contribution < -0.4 is 0 Å². The maximum absolute atomic E-state index is 13.3. The highest BCUT2D eigenvalue weighted by molar-refractivity contribution is 7.90. The fourth-order valence-electron chi connectivity index (χ4n) is 2.43. The predicted molar refractivity (Wildman–Crippen MR) is 82.2 cm³/mol. The minimum Gasteiger partial charge on any atom is -0.261 e. The van der Waals surface area contributed by atoms with Gasteiger partial charge in [0.25, 0.3) is 0 Å². The second kappa shape index (κ2) is 5.30. The standard InChI is InChI=1S/C15H12F3N3O2S/c1-8-13-11(15(16,17)18)7-12(19-14(13)21-20-8)9-3-5-10(6-4-9)24(2,22)23/h3-7H,1-2H3,(H,19,20,21). The Morgan fingerprint density at radius 2 is 1.75 bits per heavy atom. The molecule has 126 valence electrons. The molecule has 9 heteroatoms. The number of H-pyrrole nitrogens is 1. The monoisotopic (exact) mass is 355 g/mol. The lowest BCUT2D eigenvalue weighted by Crippen LogP contribution is -2.07. The van der Waals surface area contributed by atoms with Gasteiger partial charge in [0, 0.05) is 11.8 Å². The van der Waals surface area contributed by atoms with Gasteiger partial charge in [0.05, 0.1) is 27.2 Å². The number of aryl methyl sites for hydroxylation is 1. The van der Waals surface area contributed by atoms with Crippen molar-refractivity contribution in [2.24, 2.45) is 0 Å². The van der Waals surface area contributed by atoms with Gasteiger partial charge in [0.15, 0.2) is 15.5 Å². The van der Waals surface area contributed by atoms with Crippen LogP contribution in [0.25, 0.3) is 22.3 Å². The lowest BCUT2D eigenvalue weighted by molar-refractivity contribution is -0.136. The van der Waals surface area contributed by atoms with Crippen LogP contribution in [0.2, 0.25) is 0 Å². The van der Waals surface area contributed by atoms with Gasteiger partial charge in [0.1, 0.15) is 0 Å². The maximum atomic E-state index is 13.3. The smallest absolute Gasteiger partial charge is 0.261 e. The lowest BCUT2D eigenvalue weighted by atomic mass is 10.1. The number of rotatable bonds is 2. The summed E-state index contributed by atoms with van der Waals surface area (Å²) in [6.07, 6.45) is -3.50. The van der Waals surface area contributed by atoms with E-state index in [1.165, 1.54) is 31.2 Å². The van der Waals surface area contributed by atoms with Gasteiger partial charge in [0.2, 0.25) is 0 Å². The molecule has 0 unspecified atom stereocenters. The quantitative estimate of drug-likeness (QED) is 0.765. The molecular formula is C15H12F3N3O2S. The Morgan fingerprint density at radius 1 is 1.12 bits per heavy atom. The van der Waals surface area contributed by atoms with Crippen LogP contribution in [0.15, 0.2) is 35.2 Å². The van der Waals surface area contributed by atoms with Crippen molar-refractivity contribution in [3.8, 4) is 11.3 Å². The summed E-state index contributed by atoms with van der Waals surface area (Å²) in [7, 11) is -3.38. The molecule has 0 radical (unpaired) electrons. The van der Waals surface area contributed by atoms with E-state index in [-0.39, 0.29) is 27.3 Å². The first-order valence-corrected chi connectivity index (χ1v) is 8.70. The predicted octanol–water partition coefficient (Wildman–Crippen LogP) is 3.36. The van der Waals surface area contributed by atoms with E-state index in [0.29, 0.717) is 5.56 Å². The van der Waals surface area contributed by atoms with Gasteiger partial charge >= 0.3 is 6.18 Å². The molecule has 0 saturated carbocycles. The largest absolute Gasteiger partial charge is 0.417 e. The molecule has 0 atom stereocenters. The Balaban J connectivity index is 2.20. The summed E-state index contributed by atoms with van der Waals surface area (Å²) in [5.74, 6) is 0. The van der Waals surface area contributed by atoms with Crippen molar-refractivity contribution in [3.05, 3.63) is 41.6 Å². The zero-order valence-electron chi connectivity index (χ0n) is 12.6. The fraction of sp³-hybridized carbons (Fsp3) is 0.200. The lowest BCUT2D eigenvalue weighted by Gasteiger charge is -2.11. The molecule has 3 rings (SSSR count). The van der Waals surface area contributed by atoms with Gasteiger partial charge in [-0.15, -0.1) is 0 Å². The van der Waals surface area contributed by atoms with E-state index >= 15 is 0 Å². The molecule has 0 spiro atoms. The highest BCUT2D eigenvalue weighted by Crippen LogP contribution is 2.37. The van der Waals surface area contributed by atoms with Crippen molar-refractivity contribution in [2.45, 2.75) is 18.0 Å². The Morgan fingerprint density at radius 3 is 2.29 bits per heavy atom. The summed E-state index contributed by atoms with van der Waals surface area (Å²) >= 11 is 0. The number of aromatic nitrogens is 3. The van der Waals surface area contributed by atoms with Crippen molar-refractivity contribution in [2.75, 3.05) is 6.26 Å². The minimum atomic E-state index is -4.56. The van der Waals surface area contributed by atoms with E-state index in [1.807, 2.05) is 0 Å². The number of nitrogens with zero attached hydrogens (tertiary/aromatic N) is 2. The molecule has 1 aromatic carbocycles. The number of fused-ring (bicyclic) bond motifs is 1. The number of hydrogen-bond acceptors (Lipinski definition) is 4. The minimum absolute atomic E-state index is 0.0320. The van der Waals surface area contributed by atoms with E-state index < -0.39 is 21.6 Å². The summed E-state index contributed by atoms with van der Waals surface area (Å²) in [6, 6.07) is 6.46. The molecule has 0 aliphatic carbocycles. The van der Waals surface area contributed by atoms with Crippen LogP contribution in [-0.2, 0) is 16.0 Å². The number of halogens is 3. The van der Waals surface area contributed by atoms with Crippen LogP contribution in [0.3, 0.4) is 0 Å². The van der Waals surface area contributed by atoms with E-state index in [9.17, 15) is 21.6 Å². The van der Waals surface area contributed by atoms with Crippen LogP contribution in [0.4, 0.5) is 13.2 Å². The van der Waals surface area contributed by atoms with Crippen LogP contribution in [0.1, 0.15) is 11.3 Å². The summed E-state index contributed by atoms with van der Waals surface area (Å²) in [6.45, 7) is 1.47. The number of nitrogens with one attached hydrogen (secondary N) is 1. The molecule has 2 aromatic heterocycles. The number of alkyl halides is 3. The van der Waals surface area contributed by atoms with Gasteiger partial charge in [-0.1, -0.05) is 12.1 Å². The molecule has 2 heterocycles. The second-order valence-corrected chi connectivity index (χ2v) is 7.40. The second-order valence-electron chi connectivity index (χ2n) is 5.38. The summed E-state index contributed by atoms with van der Waals surface area (Å²) in [5.41, 5.74) is -0.130. The number of sulfone groups is 1. The van der Waals surface area contributed by atoms with Crippen molar-refractivity contribution >= 4 is 20.9 Å². The highest BCUT2D eigenvalue weighted by Gasteiger charge is 2.35. The molecule has 0 aliphatic heterocycles. The number of aromatic amines is 1. The molecule has 0 aliphatic rings. The van der Waals surface area contributed by atoms with Crippen LogP contribution in [0.5, 0.6) is 0 Å². The zero-order chi connectivity index (χ0) is 17.7. The Bertz CT molecular complexity index is 1020. The molecule has 5 nitrogen and oxygen atoms in total. The first-order valence-electron chi connectivity index (χ1n) is 6.81. The van der Waals surface area contributed by atoms with Crippen molar-refractivity contribution in [1.29, 1.82) is 0 Å². The fourth-order valence-corrected chi connectivity index (χ4v) is 3.06. The Hall–Kier alpha value is -2.42. The third-order valence-corrected chi connectivity index (χ3v) is 4.72. The zero-order valence-corrected chi connectivity index (χ0v) is 13.5. The molecule has 0 amide bonds. The maximum Gasteiger partial charge on any atom is 0.417 e. The average Bonchev–Trinajstić information content (AvgIpc) is 2.86. The third kappa shape index (κ3) is 2.86. The summed E-state index contributed by atoms with van der Waals surface area (Å²) < 4.78 is 63.0. The van der Waals surface area contributed by atoms with E-state index in [4.69, 9.17) is 0 Å². The van der Waals surface area contributed by atoms with Gasteiger partial charge in [-0.3, -0.25) is 5.10 Å². The Kier molecular flexibility index (Phi) is 3.63. The highest BCUT2D eigenvalue weighted by atomic mass is 32.2. The summed E-state index contributed by atoms with van der Waals surface area (Å²) in [5, 5.41) is 6.20. The topological polar surface area (TPSA) is 75.7 Å². The first kappa shape index (κ1) is 16.4. The molecule has 3 aromatic rings. The number of benzene rings is 1. The van der Waals surface area contributed by atoms with Crippen LogP contribution >= 0.6 is 0 Å². The number of pyridine rings is 1. The SMILES string of the molecule is Cc1n[nH]c2nc(-c3ccc(S(C)(=O)=O)cc3)cc(C(F)(F)F)c12. The van der Waals surface area contributed by atoms with E-state index in [2.05, 4.69) is 15.2 Å². The molecule has 24 heavy (non-hydrogen) atoms. The average molecular weight is 355 g/mol. The van der Waals surface area contributed by atoms with Crippen LogP contribution in [-0.4, -0.2) is 29.9 Å². The number of hydrogen-bond donors (Lipinski definition) is 1. The van der Waals surface area contributed by atoms with Crippen molar-refractivity contribution in [1.82, 2.24) is 15.2 Å². The van der Waals surface area contributed by atoms with Gasteiger partial charge in [-0.2, -0.15) is 18.3 Å². The Labute approximate surface area is 135 Å². The molecule has 0 fully saturated rings. The molecule has 0 bridgehead atoms. The van der Waals surface area contributed by atoms with E-state index in [0.717, 1.165) is 12.3 Å². The molecule has 1 N–H and O–H groups in total. The van der Waals surface area contributed by atoms with Crippen molar-refractivity contribution < 1.29 is 21.6 Å². The van der Waals surface area contributed by atoms with E-state index in [1.54, 1.807) is 0 Å². The molecular weight excluding hydrogens is 343 g/mol. The van der Waals surface area contributed by atoms with Crippen molar-refractivity contribution in [3.63, 3.8) is 0 Å². The third-order valence-electron chi connectivity index (χ3n) is 3.59. The molecule has 0 saturated heterocycles. The first-order chi connectivity index (χ1) is 11.1. The van der Waals surface area contributed by atoms with Crippen LogP contribution in [0, 0.1) is 6.92 Å².